The summed E-state index contributed by atoms with van der Waals surface area (Å²) >= 11 is 0. The van der Waals surface area contributed by atoms with E-state index >= 15 is 0 Å². The van der Waals surface area contributed by atoms with Crippen LogP contribution in [0.1, 0.15) is 168 Å². The van der Waals surface area contributed by atoms with E-state index in [4.69, 9.17) is 9.47 Å². The lowest BCUT2D eigenvalue weighted by molar-refractivity contribution is -0.152. The lowest BCUT2D eigenvalue weighted by atomic mass is 10.0. The van der Waals surface area contributed by atoms with E-state index in [1.54, 1.807) is 6.08 Å². The van der Waals surface area contributed by atoms with Crippen LogP contribution in [-0.4, -0.2) is 47.6 Å². The first-order valence-electron chi connectivity index (χ1n) is 19.8. The number of esters is 2. The molecule has 0 radical (unpaired) electrons. The average Bonchev–Trinajstić information content (AvgIpc) is 3.08. The van der Waals surface area contributed by atoms with Gasteiger partial charge >= 0.3 is 11.9 Å². The highest BCUT2D eigenvalue weighted by molar-refractivity contribution is 5.69. The van der Waals surface area contributed by atoms with Crippen molar-refractivity contribution in [1.29, 1.82) is 0 Å². The Morgan fingerprint density at radius 2 is 1.06 bits per heavy atom. The van der Waals surface area contributed by atoms with E-state index in [1.165, 1.54) is 77.0 Å². The van der Waals surface area contributed by atoms with Crippen molar-refractivity contribution in [2.75, 3.05) is 13.2 Å². The highest BCUT2D eigenvalue weighted by Crippen LogP contribution is 2.15. The number of carbonyl (C=O) groups excluding carboxylic acids is 2. The van der Waals surface area contributed by atoms with E-state index < -0.39 is 12.2 Å². The Morgan fingerprint density at radius 3 is 1.63 bits per heavy atom. The molecule has 0 amide bonds. The third kappa shape index (κ3) is 38.2. The van der Waals surface area contributed by atoms with Gasteiger partial charge in [0.2, 0.25) is 0 Å². The third-order valence-corrected chi connectivity index (χ3v) is 8.28. The number of hydrogen-bond acceptors (Lipinski definition) is 6. The molecule has 2 N–H and O–H groups in total. The normalized spacial score (nSPS) is 13.6. The zero-order valence-corrected chi connectivity index (χ0v) is 31.7. The second-order valence-electron chi connectivity index (χ2n) is 13.7. The fourth-order valence-corrected chi connectivity index (χ4v) is 5.27. The number of rotatable bonds is 34. The quantitative estimate of drug-likeness (QED) is 0.0303. The van der Waals surface area contributed by atoms with Gasteiger partial charge in [-0.2, -0.15) is 0 Å². The molecule has 0 aliphatic heterocycles. The molecule has 0 aliphatic carbocycles. The first-order valence-corrected chi connectivity index (χ1v) is 19.8. The van der Waals surface area contributed by atoms with Gasteiger partial charge in [0.1, 0.15) is 19.3 Å². The second-order valence-corrected chi connectivity index (χ2v) is 13.7. The zero-order valence-electron chi connectivity index (χ0n) is 31.7. The van der Waals surface area contributed by atoms with Gasteiger partial charge in [-0.1, -0.05) is 171 Å². The first kappa shape index (κ1) is 46.6. The molecule has 6 heteroatoms. The van der Waals surface area contributed by atoms with Crippen LogP contribution in [0.2, 0.25) is 0 Å². The SMILES string of the molecule is CC/C=C\C/C=C\CC(O)/C=C/C=C\C/C=C\CCCC(=O)OC[C@@H](O)COC(=O)CCCCCCCCCCCCCCCCC(C)C. The van der Waals surface area contributed by atoms with E-state index in [0.29, 0.717) is 19.3 Å². The van der Waals surface area contributed by atoms with Crippen molar-refractivity contribution in [3.8, 4) is 0 Å². The van der Waals surface area contributed by atoms with Crippen LogP contribution >= 0.6 is 0 Å². The van der Waals surface area contributed by atoms with E-state index in [2.05, 4.69) is 39.0 Å². The van der Waals surface area contributed by atoms with Gasteiger partial charge in [-0.25, -0.2) is 0 Å². The van der Waals surface area contributed by atoms with Crippen LogP contribution in [0.4, 0.5) is 0 Å². The molecule has 49 heavy (non-hydrogen) atoms. The molecule has 1 unspecified atom stereocenters. The van der Waals surface area contributed by atoms with Crippen LogP contribution in [0.5, 0.6) is 0 Å². The van der Waals surface area contributed by atoms with Gasteiger partial charge in [0, 0.05) is 12.8 Å². The minimum Gasteiger partial charge on any atom is -0.463 e. The van der Waals surface area contributed by atoms with Crippen LogP contribution in [-0.2, 0) is 19.1 Å². The van der Waals surface area contributed by atoms with Gasteiger partial charge in [-0.15, -0.1) is 0 Å². The summed E-state index contributed by atoms with van der Waals surface area (Å²) in [6.07, 6.45) is 43.1. The number of carbonyl (C=O) groups is 2. The van der Waals surface area contributed by atoms with Gasteiger partial charge < -0.3 is 19.7 Å². The highest BCUT2D eigenvalue weighted by Gasteiger charge is 2.12. The van der Waals surface area contributed by atoms with Gasteiger partial charge in [-0.05, 0) is 50.9 Å². The number of hydrogen-bond donors (Lipinski definition) is 2. The van der Waals surface area contributed by atoms with Gasteiger partial charge in [-0.3, -0.25) is 9.59 Å². The molecular weight excluding hydrogens is 612 g/mol. The Hall–Kier alpha value is -2.44. The fraction of sp³-hybridized carbons (Fsp3) is 0.721. The lowest BCUT2D eigenvalue weighted by Crippen LogP contribution is -2.25. The van der Waals surface area contributed by atoms with Crippen LogP contribution in [0.3, 0.4) is 0 Å². The molecule has 0 fully saturated rings. The Morgan fingerprint density at radius 1 is 0.571 bits per heavy atom. The summed E-state index contributed by atoms with van der Waals surface area (Å²) in [4.78, 5) is 23.9. The van der Waals surface area contributed by atoms with Crippen LogP contribution in [0.15, 0.2) is 60.8 Å². The summed E-state index contributed by atoms with van der Waals surface area (Å²) in [5.41, 5.74) is 0. The maximum Gasteiger partial charge on any atom is 0.305 e. The Bertz CT molecular complexity index is 900. The van der Waals surface area contributed by atoms with Crippen molar-refractivity contribution < 1.29 is 29.3 Å². The third-order valence-electron chi connectivity index (χ3n) is 8.28. The molecule has 6 nitrogen and oxygen atoms in total. The summed E-state index contributed by atoms with van der Waals surface area (Å²) < 4.78 is 10.3. The van der Waals surface area contributed by atoms with Crippen molar-refractivity contribution >= 4 is 11.9 Å². The lowest BCUT2D eigenvalue weighted by Gasteiger charge is -2.12. The number of unbranched alkanes of at least 4 members (excludes halogenated alkanes) is 14. The monoisotopic (exact) mass is 687 g/mol. The second kappa shape index (κ2) is 36.8. The minimum atomic E-state index is -1.01. The molecule has 0 spiro atoms. The molecule has 0 aromatic heterocycles. The summed E-state index contributed by atoms with van der Waals surface area (Å²) in [6.45, 7) is 6.41. The van der Waals surface area contributed by atoms with Crippen molar-refractivity contribution in [2.45, 2.75) is 181 Å². The predicted molar refractivity (Wildman–Crippen MR) is 206 cm³/mol. The van der Waals surface area contributed by atoms with Crippen LogP contribution in [0, 0.1) is 5.92 Å². The maximum atomic E-state index is 12.0. The van der Waals surface area contributed by atoms with Crippen molar-refractivity contribution in [3.05, 3.63) is 60.8 Å². The van der Waals surface area contributed by atoms with Crippen molar-refractivity contribution in [2.24, 2.45) is 5.92 Å². The zero-order chi connectivity index (χ0) is 36.0. The van der Waals surface area contributed by atoms with Crippen molar-refractivity contribution in [1.82, 2.24) is 0 Å². The minimum absolute atomic E-state index is 0.150. The summed E-state index contributed by atoms with van der Waals surface area (Å²) in [5.74, 6) is 0.175. The number of aliphatic hydroxyl groups excluding tert-OH is 2. The molecular formula is C43H74O6. The summed E-state index contributed by atoms with van der Waals surface area (Å²) in [5, 5.41) is 19.9. The van der Waals surface area contributed by atoms with Crippen LogP contribution < -0.4 is 0 Å². The highest BCUT2D eigenvalue weighted by atomic mass is 16.6. The van der Waals surface area contributed by atoms with Gasteiger partial charge in [0.15, 0.2) is 0 Å². The topological polar surface area (TPSA) is 93.1 Å². The Kier molecular flexibility index (Phi) is 35.0. The summed E-state index contributed by atoms with van der Waals surface area (Å²) in [6, 6.07) is 0. The molecule has 0 aliphatic rings. The maximum absolute atomic E-state index is 12.0. The molecule has 0 saturated heterocycles. The van der Waals surface area contributed by atoms with E-state index in [0.717, 1.165) is 50.9 Å². The number of ether oxygens (including phenoxy) is 2. The molecule has 0 bridgehead atoms. The van der Waals surface area contributed by atoms with Gasteiger partial charge in [0.05, 0.1) is 6.10 Å². The first-order chi connectivity index (χ1) is 23.8. The Balaban J connectivity index is 3.59. The molecule has 0 rings (SSSR count). The van der Waals surface area contributed by atoms with Gasteiger partial charge in [0.25, 0.3) is 0 Å². The Labute approximate surface area is 301 Å². The average molecular weight is 687 g/mol. The molecule has 282 valence electrons. The van der Waals surface area contributed by atoms with E-state index in [9.17, 15) is 19.8 Å². The largest absolute Gasteiger partial charge is 0.463 e. The van der Waals surface area contributed by atoms with Crippen LogP contribution in [0.25, 0.3) is 0 Å². The molecule has 0 heterocycles. The van der Waals surface area contributed by atoms with Crippen molar-refractivity contribution in [3.63, 3.8) is 0 Å². The molecule has 0 saturated carbocycles. The summed E-state index contributed by atoms with van der Waals surface area (Å²) in [7, 11) is 0. The number of aliphatic hydroxyl groups is 2. The van der Waals surface area contributed by atoms with E-state index in [1.807, 2.05) is 36.5 Å². The molecule has 0 aromatic rings. The van der Waals surface area contributed by atoms with E-state index in [-0.39, 0.29) is 31.6 Å². The fourth-order valence-electron chi connectivity index (χ4n) is 5.27. The number of allylic oxidation sites excluding steroid dienone is 8. The predicted octanol–water partition coefficient (Wildman–Crippen LogP) is 11.2. The smallest absolute Gasteiger partial charge is 0.305 e. The standard InChI is InChI=1S/C43H74O6/c1-4-5-6-7-23-28-33-40(44)34-29-24-19-16-17-21-26-31-36-43(47)49-38-41(45)37-48-42(46)35-30-25-20-15-13-11-9-8-10-12-14-18-22-27-32-39(2)3/h5-6,17,19,21,23-24,28-29,34,39-41,44-45H,4,7-16,18,20,22,25-27,30-33,35-38H2,1-3H3/b6-5-,21-17-,24-19-,28-23-,34-29+/t40?,41-/m0/s1. The molecule has 2 atom stereocenters. The molecule has 0 aromatic carbocycles.